The number of nitrogens with zero attached hydrogens (tertiary/aromatic N) is 1. The number of aromatic nitrogens is 2. The minimum Gasteiger partial charge on any atom is -0.454 e. The first kappa shape index (κ1) is 16.0. The first-order chi connectivity index (χ1) is 12.1. The summed E-state index contributed by atoms with van der Waals surface area (Å²) in [5.74, 6) is -0.0333. The number of H-pyrrole nitrogens is 1. The molecule has 0 amide bonds. The highest BCUT2D eigenvalue weighted by molar-refractivity contribution is 7.18. The van der Waals surface area contributed by atoms with Crippen molar-refractivity contribution in [3.05, 3.63) is 62.0 Å². The van der Waals surface area contributed by atoms with Crippen molar-refractivity contribution in [2.75, 3.05) is 0 Å². The molecule has 0 unspecified atom stereocenters. The second-order valence-electron chi connectivity index (χ2n) is 6.35. The van der Waals surface area contributed by atoms with Gasteiger partial charge in [0, 0.05) is 4.88 Å². The maximum Gasteiger partial charge on any atom is 0.338 e. The topological polar surface area (TPSA) is 72.0 Å². The zero-order valence-electron chi connectivity index (χ0n) is 13.9. The molecule has 2 aromatic heterocycles. The molecule has 1 N–H and O–H groups in total. The number of hydrogen-bond acceptors (Lipinski definition) is 5. The number of thiophene rings is 1. The van der Waals surface area contributed by atoms with Crippen LogP contribution < -0.4 is 5.56 Å². The number of aromatic amines is 1. The van der Waals surface area contributed by atoms with Crippen LogP contribution in [-0.2, 0) is 24.2 Å². The van der Waals surface area contributed by atoms with Crippen LogP contribution in [0.25, 0.3) is 10.2 Å². The van der Waals surface area contributed by atoms with Gasteiger partial charge < -0.3 is 9.72 Å². The summed E-state index contributed by atoms with van der Waals surface area (Å²) >= 11 is 1.59. The van der Waals surface area contributed by atoms with Crippen LogP contribution in [0.4, 0.5) is 0 Å². The van der Waals surface area contributed by atoms with Gasteiger partial charge in [-0.25, -0.2) is 9.78 Å². The summed E-state index contributed by atoms with van der Waals surface area (Å²) in [7, 11) is 0. The van der Waals surface area contributed by atoms with E-state index in [-0.39, 0.29) is 12.2 Å². The molecule has 1 aliphatic carbocycles. The molecule has 3 aromatic rings. The monoisotopic (exact) mass is 354 g/mol. The number of esters is 1. The summed E-state index contributed by atoms with van der Waals surface area (Å²) in [5.41, 5.74) is 2.51. The van der Waals surface area contributed by atoms with E-state index >= 15 is 0 Å². The van der Waals surface area contributed by atoms with Gasteiger partial charge in [-0.2, -0.15) is 0 Å². The van der Waals surface area contributed by atoms with Crippen molar-refractivity contribution in [2.24, 2.45) is 0 Å². The van der Waals surface area contributed by atoms with Crippen LogP contribution in [0.1, 0.15) is 45.0 Å². The lowest BCUT2D eigenvalue weighted by Crippen LogP contribution is -2.15. The first-order valence-electron chi connectivity index (χ1n) is 8.39. The van der Waals surface area contributed by atoms with Gasteiger partial charge in [0.25, 0.3) is 5.56 Å². The van der Waals surface area contributed by atoms with Crippen molar-refractivity contribution in [3.8, 4) is 0 Å². The van der Waals surface area contributed by atoms with Crippen LogP contribution in [0, 0.1) is 6.92 Å². The molecule has 0 fully saturated rings. The van der Waals surface area contributed by atoms with Gasteiger partial charge in [0.1, 0.15) is 17.3 Å². The summed E-state index contributed by atoms with van der Waals surface area (Å²) < 4.78 is 5.31. The van der Waals surface area contributed by atoms with Crippen LogP contribution in [0.15, 0.2) is 29.1 Å². The number of fused-ring (bicyclic) bond motifs is 3. The zero-order chi connectivity index (χ0) is 17.4. The van der Waals surface area contributed by atoms with Gasteiger partial charge in [-0.3, -0.25) is 4.79 Å². The fourth-order valence-corrected chi connectivity index (χ4v) is 4.55. The molecule has 1 aromatic carbocycles. The third-order valence-electron chi connectivity index (χ3n) is 4.47. The van der Waals surface area contributed by atoms with E-state index in [1.165, 1.54) is 11.3 Å². The maximum absolute atomic E-state index is 12.5. The molecule has 5 nitrogen and oxygen atoms in total. The lowest BCUT2D eigenvalue weighted by atomic mass is 9.97. The minimum absolute atomic E-state index is 0.0411. The number of benzene rings is 1. The van der Waals surface area contributed by atoms with Crippen molar-refractivity contribution in [2.45, 2.75) is 39.2 Å². The Morgan fingerprint density at radius 3 is 3.00 bits per heavy atom. The highest BCUT2D eigenvalue weighted by atomic mass is 32.1. The molecule has 0 saturated heterocycles. The number of rotatable bonds is 3. The minimum atomic E-state index is -0.420. The number of aryl methyl sites for hydroxylation is 3. The first-order valence-corrected chi connectivity index (χ1v) is 9.21. The molecule has 2 heterocycles. The molecule has 0 spiro atoms. The van der Waals surface area contributed by atoms with Gasteiger partial charge in [0.05, 0.1) is 10.9 Å². The quantitative estimate of drug-likeness (QED) is 0.731. The Morgan fingerprint density at radius 2 is 2.16 bits per heavy atom. The number of carbonyl (C=O) groups excluding carboxylic acids is 1. The number of carbonyl (C=O) groups is 1. The fourth-order valence-electron chi connectivity index (χ4n) is 3.27. The summed E-state index contributed by atoms with van der Waals surface area (Å²) in [6.45, 7) is 1.88. The largest absolute Gasteiger partial charge is 0.454 e. The summed E-state index contributed by atoms with van der Waals surface area (Å²) in [6, 6.07) is 7.22. The standard InChI is InChI=1S/C19H18N2O3S/c1-11-5-4-6-12(9-11)19(23)24-10-15-20-17(22)16-13-7-2-3-8-14(13)25-18(16)21-15/h4-6,9H,2-3,7-8,10H2,1H3,(H,20,21,22). The van der Waals surface area contributed by atoms with E-state index in [0.717, 1.165) is 35.2 Å². The average molecular weight is 354 g/mol. The van der Waals surface area contributed by atoms with Crippen molar-refractivity contribution in [3.63, 3.8) is 0 Å². The highest BCUT2D eigenvalue weighted by Gasteiger charge is 2.20. The van der Waals surface area contributed by atoms with Crippen molar-refractivity contribution in [1.29, 1.82) is 0 Å². The van der Waals surface area contributed by atoms with E-state index in [9.17, 15) is 9.59 Å². The van der Waals surface area contributed by atoms with E-state index in [2.05, 4.69) is 9.97 Å². The van der Waals surface area contributed by atoms with Gasteiger partial charge in [-0.15, -0.1) is 11.3 Å². The predicted molar refractivity (Wildman–Crippen MR) is 97.2 cm³/mol. The number of ether oxygens (including phenoxy) is 1. The summed E-state index contributed by atoms with van der Waals surface area (Å²) in [4.78, 5) is 33.9. The van der Waals surface area contributed by atoms with Crippen LogP contribution in [0.2, 0.25) is 0 Å². The van der Waals surface area contributed by atoms with E-state index in [4.69, 9.17) is 4.74 Å². The summed E-state index contributed by atoms with van der Waals surface area (Å²) in [6.07, 6.45) is 4.25. The SMILES string of the molecule is Cc1cccc(C(=O)OCc2nc3sc4c(c3c(=O)[nH]2)CCCC4)c1. The Labute approximate surface area is 148 Å². The number of hydrogen-bond donors (Lipinski definition) is 1. The maximum atomic E-state index is 12.5. The van der Waals surface area contributed by atoms with E-state index in [1.807, 2.05) is 19.1 Å². The van der Waals surface area contributed by atoms with Crippen molar-refractivity contribution in [1.82, 2.24) is 9.97 Å². The molecular weight excluding hydrogens is 336 g/mol. The average Bonchev–Trinajstić information content (AvgIpc) is 2.98. The van der Waals surface area contributed by atoms with Gasteiger partial charge in [-0.1, -0.05) is 17.7 Å². The normalized spacial score (nSPS) is 13.6. The molecule has 0 bridgehead atoms. The highest BCUT2D eigenvalue weighted by Crippen LogP contribution is 2.33. The van der Waals surface area contributed by atoms with E-state index in [0.29, 0.717) is 16.8 Å². The smallest absolute Gasteiger partial charge is 0.338 e. The van der Waals surface area contributed by atoms with Gasteiger partial charge >= 0.3 is 5.97 Å². The second kappa shape index (κ2) is 6.44. The van der Waals surface area contributed by atoms with E-state index in [1.54, 1.807) is 23.5 Å². The van der Waals surface area contributed by atoms with Gasteiger partial charge in [0.2, 0.25) is 0 Å². The van der Waals surface area contributed by atoms with Crippen molar-refractivity contribution < 1.29 is 9.53 Å². The Balaban J connectivity index is 1.58. The lowest BCUT2D eigenvalue weighted by molar-refractivity contribution is 0.0462. The second-order valence-corrected chi connectivity index (χ2v) is 7.43. The Kier molecular flexibility index (Phi) is 4.13. The predicted octanol–water partition coefficient (Wildman–Crippen LogP) is 3.53. The van der Waals surface area contributed by atoms with Crippen LogP contribution in [0.5, 0.6) is 0 Å². The summed E-state index contributed by atoms with van der Waals surface area (Å²) in [5, 5.41) is 0.716. The van der Waals surface area contributed by atoms with Crippen molar-refractivity contribution >= 4 is 27.5 Å². The van der Waals surface area contributed by atoms with Crippen LogP contribution >= 0.6 is 11.3 Å². The zero-order valence-corrected chi connectivity index (χ0v) is 14.7. The molecule has 0 atom stereocenters. The molecule has 0 radical (unpaired) electrons. The molecule has 25 heavy (non-hydrogen) atoms. The van der Waals surface area contributed by atoms with Gasteiger partial charge in [-0.05, 0) is 50.3 Å². The third kappa shape index (κ3) is 3.09. The van der Waals surface area contributed by atoms with Crippen LogP contribution in [-0.4, -0.2) is 15.9 Å². The molecule has 1 aliphatic rings. The molecule has 128 valence electrons. The molecule has 4 rings (SSSR count). The lowest BCUT2D eigenvalue weighted by Gasteiger charge is -2.09. The molecule has 0 saturated carbocycles. The molecular formula is C19H18N2O3S. The van der Waals surface area contributed by atoms with Gasteiger partial charge in [0.15, 0.2) is 0 Å². The Bertz CT molecular complexity index is 1020. The Hall–Kier alpha value is -2.47. The molecule has 0 aliphatic heterocycles. The third-order valence-corrected chi connectivity index (χ3v) is 5.65. The van der Waals surface area contributed by atoms with Crippen LogP contribution in [0.3, 0.4) is 0 Å². The number of nitrogens with one attached hydrogen (secondary N) is 1. The Morgan fingerprint density at radius 1 is 1.32 bits per heavy atom. The van der Waals surface area contributed by atoms with E-state index < -0.39 is 5.97 Å². The molecule has 6 heteroatoms. The fraction of sp³-hybridized carbons (Fsp3) is 0.316.